The van der Waals surface area contributed by atoms with Crippen LogP contribution >= 0.6 is 0 Å². The Kier molecular flexibility index (Phi) is 2.57. The summed E-state index contributed by atoms with van der Waals surface area (Å²) in [6, 6.07) is 6.27. The van der Waals surface area contributed by atoms with Crippen molar-refractivity contribution in [2.75, 3.05) is 13.1 Å². The summed E-state index contributed by atoms with van der Waals surface area (Å²) in [7, 11) is 0. The minimum Gasteiger partial charge on any atom is -0.316 e. The summed E-state index contributed by atoms with van der Waals surface area (Å²) >= 11 is 0. The van der Waals surface area contributed by atoms with Crippen LogP contribution in [0.25, 0.3) is 5.69 Å². The fourth-order valence-corrected chi connectivity index (χ4v) is 2.33. The highest BCUT2D eigenvalue weighted by atomic mass is 16.1. The second kappa shape index (κ2) is 4.22. The molecule has 1 aliphatic rings. The van der Waals surface area contributed by atoms with Crippen molar-refractivity contribution in [3.8, 4) is 5.69 Å². The van der Waals surface area contributed by atoms with Crippen LogP contribution in [-0.4, -0.2) is 22.6 Å². The van der Waals surface area contributed by atoms with Crippen molar-refractivity contribution < 1.29 is 0 Å². The predicted octanol–water partition coefficient (Wildman–Crippen LogP) is 0.854. The molecule has 88 valence electrons. The van der Waals surface area contributed by atoms with Gasteiger partial charge in [0.25, 0.3) is 0 Å². The summed E-state index contributed by atoms with van der Waals surface area (Å²) in [6.45, 7) is 2.05. The molecule has 1 aromatic heterocycles. The van der Waals surface area contributed by atoms with Gasteiger partial charge in [0, 0.05) is 12.4 Å². The third-order valence-corrected chi connectivity index (χ3v) is 3.26. The smallest absolute Gasteiger partial charge is 0.316 e. The average molecular weight is 229 g/mol. The van der Waals surface area contributed by atoms with Gasteiger partial charge in [-0.1, -0.05) is 6.07 Å². The fraction of sp³-hybridized carbons (Fsp3) is 0.308. The Morgan fingerprint density at radius 1 is 1.12 bits per heavy atom. The van der Waals surface area contributed by atoms with Crippen LogP contribution in [0.15, 0.2) is 35.4 Å². The van der Waals surface area contributed by atoms with E-state index in [2.05, 4.69) is 22.4 Å². The van der Waals surface area contributed by atoms with E-state index in [1.165, 1.54) is 11.1 Å². The number of aromatic amines is 1. The molecule has 0 fully saturated rings. The van der Waals surface area contributed by atoms with Gasteiger partial charge in [-0.2, -0.15) is 0 Å². The van der Waals surface area contributed by atoms with Gasteiger partial charge in [-0.05, 0) is 49.2 Å². The quantitative estimate of drug-likeness (QED) is 0.761. The van der Waals surface area contributed by atoms with Gasteiger partial charge in [0.2, 0.25) is 0 Å². The third-order valence-electron chi connectivity index (χ3n) is 3.26. The second-order valence-electron chi connectivity index (χ2n) is 4.34. The molecule has 2 heterocycles. The Labute approximate surface area is 99.3 Å². The molecule has 2 aromatic rings. The molecule has 0 amide bonds. The van der Waals surface area contributed by atoms with Crippen LogP contribution in [-0.2, 0) is 12.8 Å². The van der Waals surface area contributed by atoms with Crippen molar-refractivity contribution in [2.45, 2.75) is 12.8 Å². The molecule has 0 saturated carbocycles. The van der Waals surface area contributed by atoms with Crippen molar-refractivity contribution in [3.63, 3.8) is 0 Å². The number of benzene rings is 1. The summed E-state index contributed by atoms with van der Waals surface area (Å²) in [4.78, 5) is 14.2. The summed E-state index contributed by atoms with van der Waals surface area (Å²) < 4.78 is 1.64. The van der Waals surface area contributed by atoms with E-state index in [-0.39, 0.29) is 5.69 Å². The Morgan fingerprint density at radius 3 is 2.71 bits per heavy atom. The maximum atomic E-state index is 11.6. The van der Waals surface area contributed by atoms with Gasteiger partial charge >= 0.3 is 5.69 Å². The standard InChI is InChI=1S/C13H15N3O/c17-13-15-7-8-16(13)12-2-1-10-3-5-14-6-4-11(10)9-12/h1-2,7-9,14H,3-6H2,(H,15,17). The third kappa shape index (κ3) is 1.91. The van der Waals surface area contributed by atoms with E-state index in [9.17, 15) is 4.79 Å². The van der Waals surface area contributed by atoms with E-state index in [1.54, 1.807) is 17.0 Å². The maximum absolute atomic E-state index is 11.6. The number of nitrogens with one attached hydrogen (secondary N) is 2. The lowest BCUT2D eigenvalue weighted by Crippen LogP contribution is -2.16. The van der Waals surface area contributed by atoms with Crippen LogP contribution in [0.3, 0.4) is 0 Å². The topological polar surface area (TPSA) is 49.8 Å². The molecule has 3 rings (SSSR count). The lowest BCUT2D eigenvalue weighted by atomic mass is 10.0. The summed E-state index contributed by atoms with van der Waals surface area (Å²) in [5.74, 6) is 0. The molecule has 0 saturated heterocycles. The van der Waals surface area contributed by atoms with Crippen LogP contribution in [0.1, 0.15) is 11.1 Å². The largest absolute Gasteiger partial charge is 0.330 e. The minimum atomic E-state index is -0.0864. The monoisotopic (exact) mass is 229 g/mol. The van der Waals surface area contributed by atoms with Crippen LogP contribution in [0.4, 0.5) is 0 Å². The zero-order chi connectivity index (χ0) is 11.7. The molecular weight excluding hydrogens is 214 g/mol. The SMILES string of the molecule is O=c1[nH]ccn1-c1ccc2c(c1)CCNCC2. The molecule has 2 N–H and O–H groups in total. The van der Waals surface area contributed by atoms with Gasteiger partial charge in [0.1, 0.15) is 0 Å². The summed E-state index contributed by atoms with van der Waals surface area (Å²) in [5, 5.41) is 3.39. The number of nitrogens with zero attached hydrogens (tertiary/aromatic N) is 1. The van der Waals surface area contributed by atoms with Crippen molar-refractivity contribution in [2.24, 2.45) is 0 Å². The number of H-pyrrole nitrogens is 1. The van der Waals surface area contributed by atoms with Crippen molar-refractivity contribution in [1.29, 1.82) is 0 Å². The van der Waals surface area contributed by atoms with Crippen molar-refractivity contribution in [3.05, 3.63) is 52.2 Å². The lowest BCUT2D eigenvalue weighted by Gasteiger charge is -2.08. The number of rotatable bonds is 1. The Morgan fingerprint density at radius 2 is 1.94 bits per heavy atom. The van der Waals surface area contributed by atoms with E-state index in [0.29, 0.717) is 0 Å². The molecule has 0 bridgehead atoms. The van der Waals surface area contributed by atoms with Crippen LogP contribution < -0.4 is 11.0 Å². The molecule has 0 radical (unpaired) electrons. The Balaban J connectivity index is 2.06. The van der Waals surface area contributed by atoms with Gasteiger partial charge in [0.05, 0.1) is 5.69 Å². The normalized spacial score (nSPS) is 15.3. The first-order chi connectivity index (χ1) is 8.34. The zero-order valence-electron chi connectivity index (χ0n) is 9.57. The molecular formula is C13H15N3O. The molecule has 0 spiro atoms. The van der Waals surface area contributed by atoms with Crippen LogP contribution in [0.2, 0.25) is 0 Å². The molecule has 0 atom stereocenters. The number of aromatic nitrogens is 2. The molecule has 4 heteroatoms. The van der Waals surface area contributed by atoms with Gasteiger partial charge in [0.15, 0.2) is 0 Å². The number of fused-ring (bicyclic) bond motifs is 1. The maximum Gasteiger partial charge on any atom is 0.330 e. The first kappa shape index (κ1) is 10.4. The van der Waals surface area contributed by atoms with Crippen LogP contribution in [0.5, 0.6) is 0 Å². The second-order valence-corrected chi connectivity index (χ2v) is 4.34. The zero-order valence-corrected chi connectivity index (χ0v) is 9.57. The lowest BCUT2D eigenvalue weighted by molar-refractivity contribution is 0.711. The van der Waals surface area contributed by atoms with E-state index in [4.69, 9.17) is 0 Å². The number of imidazole rings is 1. The average Bonchev–Trinajstić information content (AvgIpc) is 2.64. The fourth-order valence-electron chi connectivity index (χ4n) is 2.33. The highest BCUT2D eigenvalue weighted by Crippen LogP contribution is 2.17. The summed E-state index contributed by atoms with van der Waals surface area (Å²) in [6.07, 6.45) is 5.52. The predicted molar refractivity (Wildman–Crippen MR) is 66.7 cm³/mol. The molecule has 0 unspecified atom stereocenters. The van der Waals surface area contributed by atoms with Gasteiger partial charge in [-0.3, -0.25) is 4.57 Å². The van der Waals surface area contributed by atoms with Crippen molar-refractivity contribution >= 4 is 0 Å². The van der Waals surface area contributed by atoms with Gasteiger partial charge in [-0.25, -0.2) is 4.79 Å². The molecule has 1 aromatic carbocycles. The molecule has 0 aliphatic carbocycles. The molecule has 17 heavy (non-hydrogen) atoms. The Hall–Kier alpha value is -1.81. The van der Waals surface area contributed by atoms with E-state index in [0.717, 1.165) is 31.6 Å². The first-order valence-corrected chi connectivity index (χ1v) is 5.93. The first-order valence-electron chi connectivity index (χ1n) is 5.93. The van der Waals surface area contributed by atoms with E-state index < -0.39 is 0 Å². The highest BCUT2D eigenvalue weighted by Gasteiger charge is 2.09. The Bertz CT molecular complexity index is 582. The molecule has 1 aliphatic heterocycles. The van der Waals surface area contributed by atoms with E-state index in [1.807, 2.05) is 6.07 Å². The van der Waals surface area contributed by atoms with Gasteiger partial charge < -0.3 is 10.3 Å². The summed E-state index contributed by atoms with van der Waals surface area (Å²) in [5.41, 5.74) is 3.59. The highest BCUT2D eigenvalue weighted by molar-refractivity contribution is 5.41. The van der Waals surface area contributed by atoms with Crippen LogP contribution in [0, 0.1) is 0 Å². The number of hydrogen-bond donors (Lipinski definition) is 2. The minimum absolute atomic E-state index is 0.0864. The van der Waals surface area contributed by atoms with Crippen molar-refractivity contribution in [1.82, 2.24) is 14.9 Å². The molecule has 4 nitrogen and oxygen atoms in total. The number of hydrogen-bond acceptors (Lipinski definition) is 2. The van der Waals surface area contributed by atoms with E-state index >= 15 is 0 Å². The van der Waals surface area contributed by atoms with Gasteiger partial charge in [-0.15, -0.1) is 0 Å².